The van der Waals surface area contributed by atoms with Crippen LogP contribution >= 0.6 is 34.9 Å². The van der Waals surface area contributed by atoms with Gasteiger partial charge in [-0.25, -0.2) is 0 Å². The fourth-order valence-corrected chi connectivity index (χ4v) is 5.28. The monoisotopic (exact) mass is 427 g/mol. The number of nitrogens with zero attached hydrogens (tertiary/aromatic N) is 1. The number of H-pyrrole nitrogens is 1. The van der Waals surface area contributed by atoms with Gasteiger partial charge in [0.25, 0.3) is 11.5 Å². The van der Waals surface area contributed by atoms with E-state index in [9.17, 15) is 9.59 Å². The van der Waals surface area contributed by atoms with E-state index < -0.39 is 0 Å². The largest absolute Gasteiger partial charge is 0.322 e. The van der Waals surface area contributed by atoms with Gasteiger partial charge in [-0.3, -0.25) is 15.0 Å². The van der Waals surface area contributed by atoms with E-state index in [0.717, 1.165) is 32.0 Å². The molecule has 0 aliphatic rings. The first-order valence-electron chi connectivity index (χ1n) is 8.72. The SMILES string of the molecule is CCc1cc(C(=O)Nn2c(=S)[nH]c3sc(C)c(-c4ccccc4)c3c2=O)cs1. The summed E-state index contributed by atoms with van der Waals surface area (Å²) in [5.41, 5.74) is 4.66. The molecule has 4 aromatic rings. The van der Waals surface area contributed by atoms with Crippen molar-refractivity contribution in [2.24, 2.45) is 0 Å². The third-order valence-corrected chi connectivity index (χ3v) is 6.85. The third-order valence-electron chi connectivity index (χ3n) is 4.47. The summed E-state index contributed by atoms with van der Waals surface area (Å²) >= 11 is 8.34. The van der Waals surface area contributed by atoms with Gasteiger partial charge in [0.15, 0.2) is 0 Å². The fraction of sp³-hybridized carbons (Fsp3) is 0.150. The third kappa shape index (κ3) is 3.23. The van der Waals surface area contributed by atoms with Crippen molar-refractivity contribution in [1.82, 2.24) is 9.66 Å². The lowest BCUT2D eigenvalue weighted by Gasteiger charge is -2.08. The highest BCUT2D eigenvalue weighted by Gasteiger charge is 2.18. The molecule has 0 aliphatic carbocycles. The second-order valence-corrected chi connectivity index (χ2v) is 8.88. The molecule has 3 aromatic heterocycles. The Kier molecular flexibility index (Phi) is 5.01. The molecule has 0 fully saturated rings. The Morgan fingerprint density at radius 2 is 2.04 bits per heavy atom. The number of carbonyl (C=O) groups excluding carboxylic acids is 1. The van der Waals surface area contributed by atoms with Crippen molar-refractivity contribution in [1.29, 1.82) is 0 Å². The molecule has 0 atom stereocenters. The summed E-state index contributed by atoms with van der Waals surface area (Å²) in [5.74, 6) is -0.356. The minimum absolute atomic E-state index is 0.164. The molecule has 1 aromatic carbocycles. The lowest BCUT2D eigenvalue weighted by atomic mass is 10.0. The number of carbonyl (C=O) groups is 1. The molecule has 1 amide bonds. The van der Waals surface area contributed by atoms with Crippen LogP contribution in [0.25, 0.3) is 21.3 Å². The normalized spacial score (nSPS) is 11.1. The molecule has 0 unspecified atom stereocenters. The number of benzene rings is 1. The number of aryl methyl sites for hydroxylation is 2. The van der Waals surface area contributed by atoms with Crippen LogP contribution in [0.4, 0.5) is 0 Å². The van der Waals surface area contributed by atoms with Crippen molar-refractivity contribution in [3.63, 3.8) is 0 Å². The standard InChI is InChI=1S/C20H17N3O2S3/c1-3-14-9-13(10-27-14)17(24)22-23-19(25)16-15(12-7-5-4-6-8-12)11(2)28-18(16)21-20(23)26/h4-10H,3H2,1-2H3,(H,21,26)(H,22,24). The highest BCUT2D eigenvalue weighted by molar-refractivity contribution is 7.71. The summed E-state index contributed by atoms with van der Waals surface area (Å²) in [4.78, 5) is 31.8. The Balaban J connectivity index is 1.85. The van der Waals surface area contributed by atoms with Crippen molar-refractivity contribution < 1.29 is 4.79 Å². The van der Waals surface area contributed by atoms with E-state index >= 15 is 0 Å². The van der Waals surface area contributed by atoms with Crippen molar-refractivity contribution in [3.05, 3.63) is 72.2 Å². The zero-order valence-corrected chi connectivity index (χ0v) is 17.7. The second kappa shape index (κ2) is 7.46. The first kappa shape index (κ1) is 18.8. The number of aromatic amines is 1. The van der Waals surface area contributed by atoms with Gasteiger partial charge in [0.05, 0.1) is 10.9 Å². The van der Waals surface area contributed by atoms with Crippen molar-refractivity contribution >= 4 is 51.0 Å². The van der Waals surface area contributed by atoms with Crippen LogP contribution in [0.15, 0.2) is 46.6 Å². The number of nitrogens with one attached hydrogen (secondary N) is 2. The average Bonchev–Trinajstić information content (AvgIpc) is 3.30. The second-order valence-electron chi connectivity index (χ2n) is 6.27. The topological polar surface area (TPSA) is 66.9 Å². The van der Waals surface area contributed by atoms with Crippen LogP contribution in [0.2, 0.25) is 0 Å². The van der Waals surface area contributed by atoms with Gasteiger partial charge in [-0.1, -0.05) is 37.3 Å². The lowest BCUT2D eigenvalue weighted by Crippen LogP contribution is -2.34. The lowest BCUT2D eigenvalue weighted by molar-refractivity contribution is 0.101. The van der Waals surface area contributed by atoms with Gasteiger partial charge in [0.1, 0.15) is 4.83 Å². The van der Waals surface area contributed by atoms with E-state index in [4.69, 9.17) is 12.2 Å². The smallest absolute Gasteiger partial charge is 0.282 e. The van der Waals surface area contributed by atoms with Gasteiger partial charge in [-0.05, 0) is 37.2 Å². The predicted octanol–water partition coefficient (Wildman–Crippen LogP) is 5.10. The van der Waals surface area contributed by atoms with Crippen molar-refractivity contribution in [2.45, 2.75) is 20.3 Å². The number of rotatable bonds is 4. The van der Waals surface area contributed by atoms with Gasteiger partial charge >= 0.3 is 0 Å². The summed E-state index contributed by atoms with van der Waals surface area (Å²) in [7, 11) is 0. The summed E-state index contributed by atoms with van der Waals surface area (Å²) in [5, 5.41) is 2.32. The van der Waals surface area contributed by atoms with Crippen LogP contribution in [-0.4, -0.2) is 15.6 Å². The van der Waals surface area contributed by atoms with Crippen LogP contribution in [0.3, 0.4) is 0 Å². The number of aromatic nitrogens is 2. The van der Waals surface area contributed by atoms with Crippen LogP contribution in [0.5, 0.6) is 0 Å². The van der Waals surface area contributed by atoms with E-state index in [-0.39, 0.29) is 16.2 Å². The van der Waals surface area contributed by atoms with E-state index in [1.807, 2.05) is 50.2 Å². The van der Waals surface area contributed by atoms with E-state index in [0.29, 0.717) is 15.8 Å². The first-order valence-corrected chi connectivity index (χ1v) is 10.8. The minimum Gasteiger partial charge on any atom is -0.322 e. The van der Waals surface area contributed by atoms with E-state index in [1.165, 1.54) is 22.7 Å². The molecule has 2 N–H and O–H groups in total. The maximum Gasteiger partial charge on any atom is 0.282 e. The molecule has 142 valence electrons. The molecule has 28 heavy (non-hydrogen) atoms. The number of amides is 1. The molecule has 0 bridgehead atoms. The Hall–Kier alpha value is -2.55. The van der Waals surface area contributed by atoms with Gasteiger partial charge in [0.2, 0.25) is 4.77 Å². The average molecular weight is 428 g/mol. The van der Waals surface area contributed by atoms with Crippen molar-refractivity contribution in [3.8, 4) is 11.1 Å². The maximum atomic E-state index is 13.3. The number of hydrogen-bond acceptors (Lipinski definition) is 5. The predicted molar refractivity (Wildman–Crippen MR) is 119 cm³/mol. The highest BCUT2D eigenvalue weighted by atomic mass is 32.1. The molecule has 5 nitrogen and oxygen atoms in total. The highest BCUT2D eigenvalue weighted by Crippen LogP contribution is 2.35. The van der Waals surface area contributed by atoms with Gasteiger partial charge in [-0.2, -0.15) is 4.68 Å². The van der Waals surface area contributed by atoms with Crippen LogP contribution in [0.1, 0.15) is 27.0 Å². The Bertz CT molecular complexity index is 1300. The number of hydrogen-bond donors (Lipinski definition) is 2. The molecule has 0 spiro atoms. The zero-order chi connectivity index (χ0) is 19.8. The molecular formula is C20H17N3O2S3. The summed E-state index contributed by atoms with van der Waals surface area (Å²) < 4.78 is 1.29. The summed E-state index contributed by atoms with van der Waals surface area (Å²) in [6.07, 6.45) is 0.860. The number of fused-ring (bicyclic) bond motifs is 1. The molecule has 0 saturated heterocycles. The maximum absolute atomic E-state index is 13.3. The molecule has 0 aliphatic heterocycles. The Labute approximate surface area is 174 Å². The van der Waals surface area contributed by atoms with Crippen LogP contribution < -0.4 is 11.0 Å². The first-order chi connectivity index (χ1) is 13.5. The quantitative estimate of drug-likeness (QED) is 0.445. The van der Waals surface area contributed by atoms with Crippen LogP contribution in [-0.2, 0) is 6.42 Å². The number of thiophene rings is 2. The molecule has 8 heteroatoms. The molecule has 3 heterocycles. The van der Waals surface area contributed by atoms with Crippen LogP contribution in [0, 0.1) is 11.7 Å². The Morgan fingerprint density at radius 1 is 1.29 bits per heavy atom. The Morgan fingerprint density at radius 3 is 2.71 bits per heavy atom. The zero-order valence-electron chi connectivity index (χ0n) is 15.2. The van der Waals surface area contributed by atoms with E-state index in [1.54, 1.807) is 5.38 Å². The fourth-order valence-electron chi connectivity index (χ4n) is 3.10. The van der Waals surface area contributed by atoms with E-state index in [2.05, 4.69) is 10.4 Å². The minimum atomic E-state index is -0.356. The molecule has 4 rings (SSSR count). The van der Waals surface area contributed by atoms with Gasteiger partial charge in [-0.15, -0.1) is 22.7 Å². The molecular weight excluding hydrogens is 410 g/mol. The summed E-state index contributed by atoms with van der Waals surface area (Å²) in [6.45, 7) is 4.01. The molecule has 0 radical (unpaired) electrons. The van der Waals surface area contributed by atoms with Gasteiger partial charge in [0, 0.05) is 20.7 Å². The summed E-state index contributed by atoms with van der Waals surface area (Å²) in [6, 6.07) is 11.6. The molecule has 0 saturated carbocycles. The van der Waals surface area contributed by atoms with Gasteiger partial charge < -0.3 is 4.98 Å². The van der Waals surface area contributed by atoms with Crippen molar-refractivity contribution in [2.75, 3.05) is 5.43 Å².